The van der Waals surface area contributed by atoms with Gasteiger partial charge in [0.05, 0.1) is 7.11 Å². The summed E-state index contributed by atoms with van der Waals surface area (Å²) in [6, 6.07) is 14.5. The Labute approximate surface area is 163 Å². The zero-order valence-electron chi connectivity index (χ0n) is 15.1. The average molecular weight is 382 g/mol. The van der Waals surface area contributed by atoms with E-state index >= 15 is 0 Å². The number of hydrogen-bond acceptors (Lipinski definition) is 3. The summed E-state index contributed by atoms with van der Waals surface area (Å²) in [5.74, 6) is 1.30. The normalized spacial score (nSPS) is 12.1. The molecule has 3 rings (SSSR count). The molecular weight excluding hydrogens is 362 g/mol. The summed E-state index contributed by atoms with van der Waals surface area (Å²) >= 11 is 5.99. The number of nitrogens with one attached hydrogen (secondary N) is 1. The summed E-state index contributed by atoms with van der Waals surface area (Å²) in [6.07, 6.45) is 6.81. The van der Waals surface area contributed by atoms with Crippen LogP contribution < -0.4 is 10.1 Å². The monoisotopic (exact) mass is 381 g/mol. The van der Waals surface area contributed by atoms with E-state index in [-0.39, 0.29) is 11.9 Å². The van der Waals surface area contributed by atoms with Crippen LogP contribution in [0, 0.1) is 0 Å². The maximum Gasteiger partial charge on any atom is 0.244 e. The minimum Gasteiger partial charge on any atom is -0.497 e. The summed E-state index contributed by atoms with van der Waals surface area (Å²) < 4.78 is 7.02. The quantitative estimate of drug-likeness (QED) is 0.656. The third-order valence-electron chi connectivity index (χ3n) is 4.15. The maximum absolute atomic E-state index is 12.5. The topological polar surface area (TPSA) is 56.1 Å². The van der Waals surface area contributed by atoms with Crippen LogP contribution >= 0.6 is 11.6 Å². The number of hydrogen-bond donors (Lipinski definition) is 1. The molecule has 1 aromatic heterocycles. The number of benzene rings is 2. The first kappa shape index (κ1) is 18.7. The molecule has 0 saturated heterocycles. The predicted molar refractivity (Wildman–Crippen MR) is 107 cm³/mol. The Bertz CT molecular complexity index is 931. The van der Waals surface area contributed by atoms with E-state index in [4.69, 9.17) is 16.3 Å². The Kier molecular flexibility index (Phi) is 5.94. The number of rotatable bonds is 6. The number of aromatic nitrogens is 2. The molecule has 1 amide bonds. The van der Waals surface area contributed by atoms with Crippen LogP contribution in [0.25, 0.3) is 6.08 Å². The van der Waals surface area contributed by atoms with Crippen LogP contribution in [-0.4, -0.2) is 22.6 Å². The minimum atomic E-state index is -0.379. The summed E-state index contributed by atoms with van der Waals surface area (Å²) in [5.41, 5.74) is 1.81. The van der Waals surface area contributed by atoms with Crippen LogP contribution in [0.2, 0.25) is 5.02 Å². The van der Waals surface area contributed by atoms with Gasteiger partial charge in [-0.15, -0.1) is 0 Å². The number of imidazole rings is 1. The fourth-order valence-electron chi connectivity index (χ4n) is 2.68. The second-order valence-corrected chi connectivity index (χ2v) is 6.43. The molecule has 2 aromatic carbocycles. The van der Waals surface area contributed by atoms with Crippen molar-refractivity contribution < 1.29 is 9.53 Å². The molecule has 0 unspecified atom stereocenters. The van der Waals surface area contributed by atoms with Crippen molar-refractivity contribution in [2.45, 2.75) is 6.04 Å². The first-order valence-corrected chi connectivity index (χ1v) is 8.80. The van der Waals surface area contributed by atoms with Crippen molar-refractivity contribution >= 4 is 23.6 Å². The molecule has 0 aliphatic rings. The van der Waals surface area contributed by atoms with Crippen molar-refractivity contribution in [2.24, 2.45) is 7.05 Å². The van der Waals surface area contributed by atoms with Crippen LogP contribution in [0.15, 0.2) is 67.0 Å². The van der Waals surface area contributed by atoms with Gasteiger partial charge >= 0.3 is 0 Å². The van der Waals surface area contributed by atoms with Gasteiger partial charge in [0.25, 0.3) is 0 Å². The molecule has 3 aromatic rings. The number of halogens is 1. The summed E-state index contributed by atoms with van der Waals surface area (Å²) in [5, 5.41) is 3.65. The van der Waals surface area contributed by atoms with Crippen molar-refractivity contribution in [3.8, 4) is 5.75 Å². The molecule has 0 bridgehead atoms. The van der Waals surface area contributed by atoms with Gasteiger partial charge in [-0.05, 0) is 41.5 Å². The van der Waals surface area contributed by atoms with Crippen LogP contribution in [0.4, 0.5) is 0 Å². The lowest BCUT2D eigenvalue weighted by Gasteiger charge is -2.18. The van der Waals surface area contributed by atoms with Crippen LogP contribution in [0.1, 0.15) is 23.0 Å². The lowest BCUT2D eigenvalue weighted by Crippen LogP contribution is -2.29. The molecule has 27 heavy (non-hydrogen) atoms. The Morgan fingerprint density at radius 1 is 1.19 bits per heavy atom. The third-order valence-corrected chi connectivity index (χ3v) is 4.40. The van der Waals surface area contributed by atoms with Crippen molar-refractivity contribution in [3.63, 3.8) is 0 Å². The smallest absolute Gasteiger partial charge is 0.244 e. The summed E-state index contributed by atoms with van der Waals surface area (Å²) in [6.45, 7) is 0. The van der Waals surface area contributed by atoms with Crippen molar-refractivity contribution in [1.29, 1.82) is 0 Å². The Balaban J connectivity index is 1.79. The second kappa shape index (κ2) is 8.56. The van der Waals surface area contributed by atoms with E-state index in [0.29, 0.717) is 5.02 Å². The lowest BCUT2D eigenvalue weighted by atomic mass is 10.1. The highest BCUT2D eigenvalue weighted by molar-refractivity contribution is 6.30. The Hall–Kier alpha value is -3.05. The van der Waals surface area contributed by atoms with E-state index in [9.17, 15) is 4.79 Å². The van der Waals surface area contributed by atoms with Crippen LogP contribution in [0.5, 0.6) is 5.75 Å². The summed E-state index contributed by atoms with van der Waals surface area (Å²) in [7, 11) is 3.51. The van der Waals surface area contributed by atoms with Crippen molar-refractivity contribution in [3.05, 3.63) is 89.0 Å². The molecule has 5 nitrogen and oxygen atoms in total. The predicted octanol–water partition coefficient (Wildman–Crippen LogP) is 4.00. The molecule has 0 spiro atoms. The maximum atomic E-state index is 12.5. The molecule has 6 heteroatoms. The zero-order valence-corrected chi connectivity index (χ0v) is 15.9. The molecule has 1 atom stereocenters. The van der Waals surface area contributed by atoms with Gasteiger partial charge in [-0.1, -0.05) is 35.9 Å². The van der Waals surface area contributed by atoms with E-state index in [2.05, 4.69) is 10.3 Å². The number of nitrogens with zero attached hydrogens (tertiary/aromatic N) is 2. The molecule has 0 aliphatic heterocycles. The van der Waals surface area contributed by atoms with Crippen LogP contribution in [0.3, 0.4) is 0 Å². The number of aryl methyl sites for hydroxylation is 1. The summed E-state index contributed by atoms with van der Waals surface area (Å²) in [4.78, 5) is 16.9. The van der Waals surface area contributed by atoms with Crippen LogP contribution in [-0.2, 0) is 11.8 Å². The molecule has 1 heterocycles. The zero-order chi connectivity index (χ0) is 19.2. The second-order valence-electron chi connectivity index (χ2n) is 6.00. The number of carbonyl (C=O) groups excluding carboxylic acids is 1. The molecule has 0 aliphatic carbocycles. The molecule has 1 N–H and O–H groups in total. The van der Waals surface area contributed by atoms with E-state index in [0.717, 1.165) is 22.7 Å². The van der Waals surface area contributed by atoms with Gasteiger partial charge in [-0.2, -0.15) is 0 Å². The fourth-order valence-corrected chi connectivity index (χ4v) is 2.81. The van der Waals surface area contributed by atoms with Gasteiger partial charge in [0.15, 0.2) is 0 Å². The van der Waals surface area contributed by atoms with Crippen molar-refractivity contribution in [2.75, 3.05) is 7.11 Å². The molecular formula is C21H20ClN3O2. The van der Waals surface area contributed by atoms with Gasteiger partial charge in [-0.25, -0.2) is 4.98 Å². The number of amides is 1. The number of carbonyl (C=O) groups is 1. The minimum absolute atomic E-state index is 0.214. The highest BCUT2D eigenvalue weighted by Crippen LogP contribution is 2.22. The van der Waals surface area contributed by atoms with E-state index in [1.807, 2.05) is 54.2 Å². The Morgan fingerprint density at radius 3 is 2.48 bits per heavy atom. The highest BCUT2D eigenvalue weighted by atomic mass is 35.5. The standard InChI is InChI=1S/C21H20ClN3O2/c1-25-14-13-23-21(25)20(16-6-8-17(22)9-7-16)24-19(26)12-5-15-3-10-18(27-2)11-4-15/h3-14,20H,1-2H3,(H,24,26)/b12-5+/t20-/m0/s1. The highest BCUT2D eigenvalue weighted by Gasteiger charge is 2.19. The SMILES string of the molecule is COc1ccc(/C=C/C(=O)N[C@@H](c2ccc(Cl)cc2)c2nccn2C)cc1. The number of methoxy groups -OCH3 is 1. The molecule has 0 fully saturated rings. The van der Waals surface area contributed by atoms with Gasteiger partial charge in [0, 0.05) is 30.5 Å². The van der Waals surface area contributed by atoms with Gasteiger partial charge < -0.3 is 14.6 Å². The molecule has 0 radical (unpaired) electrons. The van der Waals surface area contributed by atoms with E-state index in [1.54, 1.807) is 31.5 Å². The van der Waals surface area contributed by atoms with Gasteiger partial charge in [0.2, 0.25) is 5.91 Å². The average Bonchev–Trinajstić information content (AvgIpc) is 3.11. The fraction of sp³-hybridized carbons (Fsp3) is 0.143. The van der Waals surface area contributed by atoms with Gasteiger partial charge in [0.1, 0.15) is 17.6 Å². The largest absolute Gasteiger partial charge is 0.497 e. The molecule has 138 valence electrons. The molecule has 0 saturated carbocycles. The first-order valence-electron chi connectivity index (χ1n) is 8.42. The first-order chi connectivity index (χ1) is 13.1. The Morgan fingerprint density at radius 2 is 1.89 bits per heavy atom. The van der Waals surface area contributed by atoms with E-state index in [1.165, 1.54) is 6.08 Å². The van der Waals surface area contributed by atoms with Gasteiger partial charge in [-0.3, -0.25) is 4.79 Å². The van der Waals surface area contributed by atoms with E-state index < -0.39 is 0 Å². The lowest BCUT2D eigenvalue weighted by molar-refractivity contribution is -0.117. The number of ether oxygens (including phenoxy) is 1. The third kappa shape index (κ3) is 4.77. The van der Waals surface area contributed by atoms with Crippen molar-refractivity contribution in [1.82, 2.24) is 14.9 Å².